The smallest absolute Gasteiger partial charge is 0.0666 e. The maximum Gasteiger partial charge on any atom is 0.0666 e. The molecule has 194 valence electrons. The largest absolute Gasteiger partial charge is 0.129 e. The fourth-order valence-corrected chi connectivity index (χ4v) is 7.10. The van der Waals surface area contributed by atoms with Gasteiger partial charge in [0.05, 0.1) is 2.88 Å². The highest BCUT2D eigenvalue weighted by Crippen LogP contribution is 2.31. The number of hydrogen-bond acceptors (Lipinski definition) is 1. The van der Waals surface area contributed by atoms with Gasteiger partial charge in [-0.15, -0.1) is 11.3 Å². The van der Waals surface area contributed by atoms with Crippen molar-refractivity contribution in [3.63, 3.8) is 0 Å². The molecule has 0 aliphatic heterocycles. The van der Waals surface area contributed by atoms with Crippen molar-refractivity contribution in [2.75, 3.05) is 0 Å². The Hall–Kier alpha value is -0.0900. The van der Waals surface area contributed by atoms with Crippen LogP contribution in [0.15, 0.2) is 18.2 Å². The van der Waals surface area contributed by atoms with E-state index in [1.165, 1.54) is 154 Å². The van der Waals surface area contributed by atoms with Gasteiger partial charge in [-0.05, 0) is 76.9 Å². The van der Waals surface area contributed by atoms with Gasteiger partial charge in [-0.2, -0.15) is 0 Å². The van der Waals surface area contributed by atoms with Gasteiger partial charge in [0.15, 0.2) is 0 Å². The summed E-state index contributed by atoms with van der Waals surface area (Å²) in [6, 6.07) is 7.46. The third kappa shape index (κ3) is 13.3. The van der Waals surface area contributed by atoms with E-state index >= 15 is 0 Å². The maximum atomic E-state index is 2.54. The van der Waals surface area contributed by atoms with Crippen LogP contribution in [0, 0.1) is 2.88 Å². The van der Waals surface area contributed by atoms with Gasteiger partial charge in [0.25, 0.3) is 0 Å². The molecule has 2 heteroatoms. The molecule has 0 fully saturated rings. The molecule has 0 saturated carbocycles. The number of fused-ring (bicyclic) bond motifs is 1. The van der Waals surface area contributed by atoms with Gasteiger partial charge in [0.1, 0.15) is 0 Å². The highest BCUT2D eigenvalue weighted by Gasteiger charge is 2.08. The lowest BCUT2D eigenvalue weighted by molar-refractivity contribution is 0.553. The van der Waals surface area contributed by atoms with Gasteiger partial charge in [-0.25, -0.2) is 0 Å². The summed E-state index contributed by atoms with van der Waals surface area (Å²) in [5.74, 6) is 0. The first-order valence-corrected chi connectivity index (χ1v) is 16.8. The number of aryl methyl sites for hydroxylation is 2. The average molecular weight is 597 g/mol. The number of unbranched alkanes of at least 4 members (excludes halogenated alkanes) is 18. The molecule has 1 heterocycles. The van der Waals surface area contributed by atoms with Crippen molar-refractivity contribution in [3.8, 4) is 0 Å². The van der Waals surface area contributed by atoms with Crippen molar-refractivity contribution in [2.45, 2.75) is 155 Å². The average Bonchev–Trinajstić information content (AvgIpc) is 3.20. The monoisotopic (exact) mass is 596 g/mol. The van der Waals surface area contributed by atoms with E-state index in [0.29, 0.717) is 0 Å². The van der Waals surface area contributed by atoms with Crippen molar-refractivity contribution in [2.24, 2.45) is 0 Å². The Kier molecular flexibility index (Phi) is 17.7. The fourth-order valence-electron chi connectivity index (χ4n) is 5.21. The van der Waals surface area contributed by atoms with E-state index in [0.717, 1.165) is 0 Å². The van der Waals surface area contributed by atoms with Crippen LogP contribution in [-0.2, 0) is 12.8 Å². The quantitative estimate of drug-likeness (QED) is 0.0937. The van der Waals surface area contributed by atoms with Crippen molar-refractivity contribution >= 4 is 44.0 Å². The van der Waals surface area contributed by atoms with E-state index in [1.807, 2.05) is 11.3 Å². The van der Waals surface area contributed by atoms with Gasteiger partial charge in [0.2, 0.25) is 0 Å². The molecule has 1 aromatic carbocycles. The van der Waals surface area contributed by atoms with Crippen molar-refractivity contribution in [1.29, 1.82) is 0 Å². The summed E-state index contributed by atoms with van der Waals surface area (Å²) in [7, 11) is 0. The van der Waals surface area contributed by atoms with Gasteiger partial charge in [-0.1, -0.05) is 135 Å². The van der Waals surface area contributed by atoms with E-state index in [9.17, 15) is 0 Å². The number of rotatable bonds is 22. The van der Waals surface area contributed by atoms with Crippen LogP contribution in [0.25, 0.3) is 10.1 Å². The van der Waals surface area contributed by atoms with E-state index in [1.54, 1.807) is 11.1 Å². The fraction of sp³-hybridized carbons (Fsp3) is 0.750. The summed E-state index contributed by atoms with van der Waals surface area (Å²) < 4.78 is 2.92. The van der Waals surface area contributed by atoms with Crippen LogP contribution in [0.3, 0.4) is 0 Å². The Bertz CT molecular complexity index is 686. The number of hydrogen-bond donors (Lipinski definition) is 0. The minimum absolute atomic E-state index is 1.28. The summed E-state index contributed by atoms with van der Waals surface area (Å²) in [5, 5.41) is 1.48. The van der Waals surface area contributed by atoms with Crippen LogP contribution in [0.1, 0.15) is 153 Å². The zero-order chi connectivity index (χ0) is 24.3. The number of halogens is 1. The molecule has 0 saturated heterocycles. The Labute approximate surface area is 230 Å². The summed E-state index contributed by atoms with van der Waals surface area (Å²) in [4.78, 5) is 0. The highest BCUT2D eigenvalue weighted by atomic mass is 127. The van der Waals surface area contributed by atoms with Crippen LogP contribution in [0.4, 0.5) is 0 Å². The van der Waals surface area contributed by atoms with Crippen molar-refractivity contribution in [3.05, 3.63) is 32.2 Å². The molecular formula is C32H53IS. The predicted molar refractivity (Wildman–Crippen MR) is 166 cm³/mol. The third-order valence-corrected chi connectivity index (χ3v) is 9.27. The van der Waals surface area contributed by atoms with E-state index in [-0.39, 0.29) is 0 Å². The molecule has 0 bridgehead atoms. The Balaban J connectivity index is 1.67. The van der Waals surface area contributed by atoms with Crippen LogP contribution >= 0.6 is 33.9 Å². The second kappa shape index (κ2) is 20.0. The third-order valence-electron chi connectivity index (χ3n) is 7.41. The maximum absolute atomic E-state index is 2.54. The zero-order valence-electron chi connectivity index (χ0n) is 22.6. The molecule has 2 rings (SSSR count). The topological polar surface area (TPSA) is 0 Å². The summed E-state index contributed by atoms with van der Waals surface area (Å²) in [5.41, 5.74) is 3.30. The molecule has 0 aliphatic rings. The van der Waals surface area contributed by atoms with Crippen LogP contribution in [0.2, 0.25) is 0 Å². The minimum Gasteiger partial charge on any atom is -0.129 e. The molecule has 0 aliphatic carbocycles. The van der Waals surface area contributed by atoms with Crippen molar-refractivity contribution in [1.82, 2.24) is 0 Å². The summed E-state index contributed by atoms with van der Waals surface area (Å²) >= 11 is 4.45. The second-order valence-corrected chi connectivity index (χ2v) is 13.6. The SMILES string of the molecule is CCCCCCCCCCCCc1cc2cc(I)sc2cc1CCCCCCCCCCCC. The Morgan fingerprint density at radius 3 is 1.32 bits per heavy atom. The number of benzene rings is 1. The van der Waals surface area contributed by atoms with Crippen LogP contribution in [0.5, 0.6) is 0 Å². The molecule has 1 aromatic heterocycles. The predicted octanol–water partition coefficient (Wildman–Crippen LogP) is 12.4. The van der Waals surface area contributed by atoms with Gasteiger partial charge in [0, 0.05) is 4.70 Å². The number of thiophene rings is 1. The molecule has 2 aromatic rings. The first-order valence-electron chi connectivity index (χ1n) is 15.0. The lowest BCUT2D eigenvalue weighted by atomic mass is 9.95. The zero-order valence-corrected chi connectivity index (χ0v) is 25.5. The Morgan fingerprint density at radius 2 is 0.882 bits per heavy atom. The van der Waals surface area contributed by atoms with Gasteiger partial charge >= 0.3 is 0 Å². The normalized spacial score (nSPS) is 11.6. The molecular weight excluding hydrogens is 543 g/mol. The molecule has 0 amide bonds. The van der Waals surface area contributed by atoms with Crippen LogP contribution in [-0.4, -0.2) is 0 Å². The summed E-state index contributed by atoms with van der Waals surface area (Å²) in [6.45, 7) is 4.61. The van der Waals surface area contributed by atoms with Crippen molar-refractivity contribution < 1.29 is 0 Å². The first kappa shape index (κ1) is 30.1. The first-order chi connectivity index (χ1) is 16.7. The van der Waals surface area contributed by atoms with E-state index in [4.69, 9.17) is 0 Å². The molecule has 34 heavy (non-hydrogen) atoms. The molecule has 0 nitrogen and oxygen atoms in total. The standard InChI is InChI=1S/C32H53IS/c1-3-5-7-9-11-13-15-17-19-21-23-28-25-30-27-32(33)34-31(30)26-29(28)24-22-20-18-16-14-12-10-8-6-4-2/h25-27H,3-24H2,1-2H3. The lowest BCUT2D eigenvalue weighted by Gasteiger charge is -2.11. The summed E-state index contributed by atoms with van der Waals surface area (Å²) in [6.07, 6.45) is 31.1. The van der Waals surface area contributed by atoms with E-state index in [2.05, 4.69) is 54.6 Å². The molecule has 0 unspecified atom stereocenters. The minimum atomic E-state index is 1.28. The second-order valence-electron chi connectivity index (χ2n) is 10.6. The lowest BCUT2D eigenvalue weighted by Crippen LogP contribution is -1.96. The van der Waals surface area contributed by atoms with Gasteiger partial charge in [-0.3, -0.25) is 0 Å². The van der Waals surface area contributed by atoms with Crippen LogP contribution < -0.4 is 0 Å². The van der Waals surface area contributed by atoms with E-state index < -0.39 is 0 Å². The Morgan fingerprint density at radius 1 is 0.500 bits per heavy atom. The van der Waals surface area contributed by atoms with Gasteiger partial charge < -0.3 is 0 Å². The highest BCUT2D eigenvalue weighted by molar-refractivity contribution is 14.1. The molecule has 0 radical (unpaired) electrons. The molecule has 0 spiro atoms. The molecule has 0 atom stereocenters. The molecule has 0 N–H and O–H groups in total.